The molecule has 0 spiro atoms. The highest BCUT2D eigenvalue weighted by Gasteiger charge is 1.99. The van der Waals surface area contributed by atoms with Gasteiger partial charge in [0.15, 0.2) is 0 Å². The number of hydrogen-bond acceptors (Lipinski definition) is 3. The third-order valence-corrected chi connectivity index (χ3v) is 1.95. The largest absolute Gasteiger partial charge is 0.376 e. The average molecular weight is 254 g/mol. The third-order valence-electron chi connectivity index (χ3n) is 1.49. The molecule has 0 saturated heterocycles. The van der Waals surface area contributed by atoms with Gasteiger partial charge in [-0.25, -0.2) is 0 Å². The van der Waals surface area contributed by atoms with Crippen molar-refractivity contribution < 1.29 is 4.79 Å². The molecule has 0 bridgehead atoms. The van der Waals surface area contributed by atoms with Gasteiger partial charge in [0.25, 0.3) is 0 Å². The third kappa shape index (κ3) is 3.07. The molecule has 72 valence electrons. The van der Waals surface area contributed by atoms with Crippen LogP contribution in [0.4, 0.5) is 5.69 Å². The summed E-state index contributed by atoms with van der Waals surface area (Å²) in [7, 11) is 0. The van der Waals surface area contributed by atoms with Crippen molar-refractivity contribution >= 4 is 27.5 Å². The fourth-order valence-corrected chi connectivity index (χ4v) is 1.44. The number of nitrogens with zero attached hydrogens (tertiary/aromatic N) is 1. The van der Waals surface area contributed by atoms with Gasteiger partial charge in [-0.3, -0.25) is 4.79 Å². The number of amides is 1. The molecule has 1 rings (SSSR count). The zero-order valence-corrected chi connectivity index (χ0v) is 8.84. The van der Waals surface area contributed by atoms with Crippen LogP contribution >= 0.6 is 15.9 Å². The monoisotopic (exact) mass is 253 g/mol. The van der Waals surface area contributed by atoms with Crippen LogP contribution in [0.25, 0.3) is 0 Å². The van der Waals surface area contributed by atoms with E-state index in [4.69, 9.17) is 11.0 Å². The SMILES string of the molecule is N#Cc1cc(Br)cc(NCC(N)=O)c1. The first-order valence-corrected chi connectivity index (χ1v) is 4.64. The molecule has 14 heavy (non-hydrogen) atoms. The number of halogens is 1. The maximum absolute atomic E-state index is 10.5. The van der Waals surface area contributed by atoms with E-state index in [1.54, 1.807) is 18.2 Å². The molecule has 0 fully saturated rings. The summed E-state index contributed by atoms with van der Waals surface area (Å²) in [6.07, 6.45) is 0. The molecule has 1 aromatic rings. The Balaban J connectivity index is 2.82. The molecule has 1 amide bonds. The van der Waals surface area contributed by atoms with E-state index >= 15 is 0 Å². The molecule has 0 aliphatic carbocycles. The molecule has 0 radical (unpaired) electrons. The van der Waals surface area contributed by atoms with E-state index in [0.717, 1.165) is 4.47 Å². The lowest BCUT2D eigenvalue weighted by atomic mass is 10.2. The molecule has 1 aromatic carbocycles. The number of anilines is 1. The number of benzene rings is 1. The number of nitriles is 1. The highest BCUT2D eigenvalue weighted by Crippen LogP contribution is 2.18. The number of carbonyl (C=O) groups excluding carboxylic acids is 1. The second kappa shape index (κ2) is 4.63. The van der Waals surface area contributed by atoms with Crippen LogP contribution in [0, 0.1) is 11.3 Å². The van der Waals surface area contributed by atoms with Crippen molar-refractivity contribution in [2.24, 2.45) is 5.73 Å². The second-order valence-corrected chi connectivity index (χ2v) is 3.58. The Labute approximate surface area is 89.8 Å². The predicted octanol–water partition coefficient (Wildman–Crippen LogP) is 1.22. The Morgan fingerprint density at radius 1 is 1.57 bits per heavy atom. The molecule has 0 aromatic heterocycles. The molecule has 0 unspecified atom stereocenters. The number of nitrogens with two attached hydrogens (primary N) is 1. The van der Waals surface area contributed by atoms with Crippen molar-refractivity contribution in [3.8, 4) is 6.07 Å². The van der Waals surface area contributed by atoms with Crippen LogP contribution in [0.2, 0.25) is 0 Å². The van der Waals surface area contributed by atoms with Gasteiger partial charge in [-0.2, -0.15) is 5.26 Å². The van der Waals surface area contributed by atoms with Gasteiger partial charge in [0, 0.05) is 10.2 Å². The van der Waals surface area contributed by atoms with Gasteiger partial charge in [-0.1, -0.05) is 15.9 Å². The first kappa shape index (κ1) is 10.5. The van der Waals surface area contributed by atoms with Gasteiger partial charge in [0.1, 0.15) is 0 Å². The summed E-state index contributed by atoms with van der Waals surface area (Å²) in [5.41, 5.74) is 6.18. The minimum Gasteiger partial charge on any atom is -0.376 e. The minimum absolute atomic E-state index is 0.0569. The van der Waals surface area contributed by atoms with Crippen LogP contribution in [0.5, 0.6) is 0 Å². The van der Waals surface area contributed by atoms with Gasteiger partial charge in [0.05, 0.1) is 18.2 Å². The van der Waals surface area contributed by atoms with E-state index in [1.165, 1.54) is 0 Å². The van der Waals surface area contributed by atoms with Crippen molar-refractivity contribution in [3.63, 3.8) is 0 Å². The Kier molecular flexibility index (Phi) is 3.48. The molecule has 0 aliphatic heterocycles. The van der Waals surface area contributed by atoms with Crippen molar-refractivity contribution in [1.82, 2.24) is 0 Å². The average Bonchev–Trinajstić information content (AvgIpc) is 2.14. The Bertz CT molecular complexity index is 398. The molecule has 0 aliphatic rings. The summed E-state index contributed by atoms with van der Waals surface area (Å²) >= 11 is 3.25. The molecule has 5 heteroatoms. The number of nitrogens with one attached hydrogen (secondary N) is 1. The Hall–Kier alpha value is -1.54. The lowest BCUT2D eigenvalue weighted by Crippen LogP contribution is -2.21. The van der Waals surface area contributed by atoms with Gasteiger partial charge in [-0.05, 0) is 18.2 Å². The van der Waals surface area contributed by atoms with Crippen LogP contribution in [-0.4, -0.2) is 12.5 Å². The summed E-state index contributed by atoms with van der Waals surface area (Å²) in [5.74, 6) is -0.441. The lowest BCUT2D eigenvalue weighted by molar-refractivity contribution is -0.116. The number of hydrogen-bond donors (Lipinski definition) is 2. The summed E-state index contributed by atoms with van der Waals surface area (Å²) < 4.78 is 0.781. The zero-order valence-electron chi connectivity index (χ0n) is 7.25. The molecule has 0 heterocycles. The zero-order chi connectivity index (χ0) is 10.6. The number of carbonyl (C=O) groups is 1. The van der Waals surface area contributed by atoms with E-state index in [1.807, 2.05) is 6.07 Å². The normalized spacial score (nSPS) is 9.14. The second-order valence-electron chi connectivity index (χ2n) is 2.66. The fourth-order valence-electron chi connectivity index (χ4n) is 0.945. The van der Waals surface area contributed by atoms with E-state index in [9.17, 15) is 4.79 Å². The number of primary amides is 1. The quantitative estimate of drug-likeness (QED) is 0.851. The van der Waals surface area contributed by atoms with Crippen LogP contribution in [0.1, 0.15) is 5.56 Å². The van der Waals surface area contributed by atoms with E-state index < -0.39 is 5.91 Å². The first-order valence-electron chi connectivity index (χ1n) is 3.84. The Morgan fingerprint density at radius 3 is 2.86 bits per heavy atom. The summed E-state index contributed by atoms with van der Waals surface area (Å²) in [6, 6.07) is 7.11. The smallest absolute Gasteiger partial charge is 0.236 e. The number of rotatable bonds is 3. The maximum Gasteiger partial charge on any atom is 0.236 e. The minimum atomic E-state index is -0.441. The molecule has 0 saturated carbocycles. The lowest BCUT2D eigenvalue weighted by Gasteiger charge is -2.04. The van der Waals surface area contributed by atoms with E-state index in [2.05, 4.69) is 21.2 Å². The molecule has 3 N–H and O–H groups in total. The van der Waals surface area contributed by atoms with Crippen LogP contribution < -0.4 is 11.1 Å². The van der Waals surface area contributed by atoms with E-state index in [0.29, 0.717) is 11.3 Å². The summed E-state index contributed by atoms with van der Waals surface area (Å²) in [5, 5.41) is 11.5. The maximum atomic E-state index is 10.5. The van der Waals surface area contributed by atoms with Gasteiger partial charge >= 0.3 is 0 Å². The summed E-state index contributed by atoms with van der Waals surface area (Å²) in [6.45, 7) is 0.0569. The molecule has 4 nitrogen and oxygen atoms in total. The van der Waals surface area contributed by atoms with Crippen molar-refractivity contribution in [3.05, 3.63) is 28.2 Å². The highest BCUT2D eigenvalue weighted by atomic mass is 79.9. The first-order chi connectivity index (χ1) is 6.61. The topological polar surface area (TPSA) is 78.9 Å². The fraction of sp³-hybridized carbons (Fsp3) is 0.111. The van der Waals surface area contributed by atoms with E-state index in [-0.39, 0.29) is 6.54 Å². The predicted molar refractivity (Wildman–Crippen MR) is 56.5 cm³/mol. The van der Waals surface area contributed by atoms with Gasteiger partial charge < -0.3 is 11.1 Å². The highest BCUT2D eigenvalue weighted by molar-refractivity contribution is 9.10. The summed E-state index contributed by atoms with van der Waals surface area (Å²) in [4.78, 5) is 10.5. The molecule has 0 atom stereocenters. The standard InChI is InChI=1S/C9H8BrN3O/c10-7-1-6(4-11)2-8(3-7)13-5-9(12)14/h1-3,13H,5H2,(H2,12,14). The van der Waals surface area contributed by atoms with Gasteiger partial charge in [0.2, 0.25) is 5.91 Å². The van der Waals surface area contributed by atoms with Crippen LogP contribution in [0.3, 0.4) is 0 Å². The van der Waals surface area contributed by atoms with Crippen LogP contribution in [0.15, 0.2) is 22.7 Å². The molecular weight excluding hydrogens is 246 g/mol. The Morgan fingerprint density at radius 2 is 2.29 bits per heavy atom. The molecular formula is C9H8BrN3O. The van der Waals surface area contributed by atoms with Crippen molar-refractivity contribution in [2.75, 3.05) is 11.9 Å². The van der Waals surface area contributed by atoms with Crippen molar-refractivity contribution in [1.29, 1.82) is 5.26 Å². The van der Waals surface area contributed by atoms with Crippen LogP contribution in [-0.2, 0) is 4.79 Å². The van der Waals surface area contributed by atoms with Gasteiger partial charge in [-0.15, -0.1) is 0 Å². The van der Waals surface area contributed by atoms with Crippen molar-refractivity contribution in [2.45, 2.75) is 0 Å².